The van der Waals surface area contributed by atoms with Crippen LogP contribution in [0.2, 0.25) is 0 Å². The number of pyridine rings is 1. The third kappa shape index (κ3) is 3.35. The lowest BCUT2D eigenvalue weighted by Gasteiger charge is -2.17. The van der Waals surface area contributed by atoms with Crippen molar-refractivity contribution < 1.29 is 4.79 Å². The lowest BCUT2D eigenvalue weighted by Crippen LogP contribution is -2.30. The number of carbonyl (C=O) groups is 1. The van der Waals surface area contributed by atoms with E-state index in [1.165, 1.54) is 11.6 Å². The first-order valence-corrected chi connectivity index (χ1v) is 6.67. The number of rotatable bonds is 4. The molecule has 0 spiro atoms. The quantitative estimate of drug-likeness (QED) is 0.897. The summed E-state index contributed by atoms with van der Waals surface area (Å²) in [7, 11) is 0. The van der Waals surface area contributed by atoms with E-state index in [0.29, 0.717) is 0 Å². The zero-order valence-electron chi connectivity index (χ0n) is 11.6. The van der Waals surface area contributed by atoms with E-state index >= 15 is 0 Å². The highest BCUT2D eigenvalue weighted by Gasteiger charge is 2.14. The summed E-state index contributed by atoms with van der Waals surface area (Å²) in [6.07, 6.45) is 0.784. The summed E-state index contributed by atoms with van der Waals surface area (Å²) in [6, 6.07) is 12.6. The Labute approximate surface area is 117 Å². The SMILES string of the molecule is CCC(NC(=O)c1cccc(=O)[nH]1)c1ccc(C)cc1. The fourth-order valence-corrected chi connectivity index (χ4v) is 2.04. The van der Waals surface area contributed by atoms with Gasteiger partial charge in [-0.25, -0.2) is 0 Å². The van der Waals surface area contributed by atoms with Gasteiger partial charge in [0.2, 0.25) is 5.56 Å². The van der Waals surface area contributed by atoms with Gasteiger partial charge in [0, 0.05) is 6.07 Å². The predicted octanol–water partition coefficient (Wildman–Crippen LogP) is 2.56. The van der Waals surface area contributed by atoms with Crippen molar-refractivity contribution in [1.82, 2.24) is 10.3 Å². The van der Waals surface area contributed by atoms with Crippen molar-refractivity contribution in [2.75, 3.05) is 0 Å². The summed E-state index contributed by atoms with van der Waals surface area (Å²) in [5, 5.41) is 2.94. The van der Waals surface area contributed by atoms with E-state index in [-0.39, 0.29) is 23.2 Å². The van der Waals surface area contributed by atoms with Crippen LogP contribution in [0.4, 0.5) is 0 Å². The van der Waals surface area contributed by atoms with Crippen molar-refractivity contribution in [3.63, 3.8) is 0 Å². The van der Waals surface area contributed by atoms with Gasteiger partial charge in [0.05, 0.1) is 6.04 Å². The molecule has 104 valence electrons. The van der Waals surface area contributed by atoms with Gasteiger partial charge in [-0.15, -0.1) is 0 Å². The van der Waals surface area contributed by atoms with E-state index in [1.807, 2.05) is 38.1 Å². The lowest BCUT2D eigenvalue weighted by molar-refractivity contribution is 0.0930. The Morgan fingerprint density at radius 3 is 2.50 bits per heavy atom. The highest BCUT2D eigenvalue weighted by Crippen LogP contribution is 2.17. The van der Waals surface area contributed by atoms with Crippen molar-refractivity contribution in [3.05, 3.63) is 69.6 Å². The van der Waals surface area contributed by atoms with Crippen LogP contribution in [0.3, 0.4) is 0 Å². The standard InChI is InChI=1S/C16H18N2O2/c1-3-13(12-9-7-11(2)8-10-12)18-16(20)14-5-4-6-15(19)17-14/h4-10,13H,3H2,1-2H3,(H,17,19)(H,18,20). The number of carbonyl (C=O) groups excluding carboxylic acids is 1. The van der Waals surface area contributed by atoms with Gasteiger partial charge in [-0.1, -0.05) is 42.8 Å². The van der Waals surface area contributed by atoms with Crippen LogP contribution in [0, 0.1) is 6.92 Å². The van der Waals surface area contributed by atoms with Crippen LogP contribution in [0.5, 0.6) is 0 Å². The summed E-state index contributed by atoms with van der Waals surface area (Å²) in [6.45, 7) is 4.04. The molecule has 0 aliphatic rings. The third-order valence-corrected chi connectivity index (χ3v) is 3.21. The van der Waals surface area contributed by atoms with Crippen LogP contribution in [0.25, 0.3) is 0 Å². The molecule has 1 aromatic carbocycles. The van der Waals surface area contributed by atoms with Gasteiger partial charge in [0.1, 0.15) is 5.69 Å². The van der Waals surface area contributed by atoms with Crippen LogP contribution < -0.4 is 10.9 Å². The van der Waals surface area contributed by atoms with Gasteiger partial charge in [0.15, 0.2) is 0 Å². The van der Waals surface area contributed by atoms with Crippen LogP contribution in [0.15, 0.2) is 47.3 Å². The average Bonchev–Trinajstić information content (AvgIpc) is 2.45. The Morgan fingerprint density at radius 1 is 1.20 bits per heavy atom. The molecule has 2 rings (SSSR count). The largest absolute Gasteiger partial charge is 0.344 e. The van der Waals surface area contributed by atoms with Crippen LogP contribution in [-0.4, -0.2) is 10.9 Å². The molecule has 1 aromatic heterocycles. The summed E-state index contributed by atoms with van der Waals surface area (Å²) in [5.74, 6) is -0.268. The molecule has 0 aliphatic carbocycles. The maximum absolute atomic E-state index is 12.1. The van der Waals surface area contributed by atoms with Gasteiger partial charge in [-0.3, -0.25) is 9.59 Å². The highest BCUT2D eigenvalue weighted by molar-refractivity contribution is 5.92. The first kappa shape index (κ1) is 14.1. The van der Waals surface area contributed by atoms with Crippen LogP contribution >= 0.6 is 0 Å². The van der Waals surface area contributed by atoms with E-state index in [9.17, 15) is 9.59 Å². The van der Waals surface area contributed by atoms with Crippen molar-refractivity contribution in [3.8, 4) is 0 Å². The van der Waals surface area contributed by atoms with E-state index < -0.39 is 0 Å². The first-order valence-electron chi connectivity index (χ1n) is 6.67. The Bertz CT molecular complexity index is 644. The number of hydrogen-bond donors (Lipinski definition) is 2. The number of aromatic nitrogens is 1. The average molecular weight is 270 g/mol. The molecule has 1 atom stereocenters. The molecule has 20 heavy (non-hydrogen) atoms. The molecule has 2 aromatic rings. The number of H-pyrrole nitrogens is 1. The van der Waals surface area contributed by atoms with E-state index in [4.69, 9.17) is 0 Å². The highest BCUT2D eigenvalue weighted by atomic mass is 16.2. The molecular formula is C16H18N2O2. The molecule has 0 radical (unpaired) electrons. The van der Waals surface area contributed by atoms with Crippen LogP contribution in [-0.2, 0) is 0 Å². The van der Waals surface area contributed by atoms with Crippen molar-refractivity contribution >= 4 is 5.91 Å². The second-order valence-corrected chi connectivity index (χ2v) is 4.77. The molecule has 1 amide bonds. The summed E-state index contributed by atoms with van der Waals surface area (Å²) < 4.78 is 0. The first-order chi connectivity index (χ1) is 9.60. The minimum absolute atomic E-state index is 0.0631. The van der Waals surface area contributed by atoms with Gasteiger partial charge in [0.25, 0.3) is 5.91 Å². The minimum Gasteiger partial charge on any atom is -0.344 e. The number of aromatic amines is 1. The second kappa shape index (κ2) is 6.19. The molecule has 0 saturated carbocycles. The fourth-order valence-electron chi connectivity index (χ4n) is 2.04. The third-order valence-electron chi connectivity index (χ3n) is 3.21. The molecule has 1 heterocycles. The number of benzene rings is 1. The van der Waals surface area contributed by atoms with Gasteiger partial charge in [-0.2, -0.15) is 0 Å². The van der Waals surface area contributed by atoms with Crippen molar-refractivity contribution in [2.45, 2.75) is 26.3 Å². The predicted molar refractivity (Wildman–Crippen MR) is 78.7 cm³/mol. The Kier molecular flexibility index (Phi) is 4.35. The molecular weight excluding hydrogens is 252 g/mol. The smallest absolute Gasteiger partial charge is 0.268 e. The van der Waals surface area contributed by atoms with Gasteiger partial charge < -0.3 is 10.3 Å². The van der Waals surface area contributed by atoms with Crippen molar-refractivity contribution in [2.24, 2.45) is 0 Å². The summed E-state index contributed by atoms with van der Waals surface area (Å²) in [4.78, 5) is 25.9. The molecule has 1 unspecified atom stereocenters. The number of hydrogen-bond acceptors (Lipinski definition) is 2. The monoisotopic (exact) mass is 270 g/mol. The Morgan fingerprint density at radius 2 is 1.90 bits per heavy atom. The summed E-state index contributed by atoms with van der Waals surface area (Å²) in [5.41, 5.74) is 2.25. The topological polar surface area (TPSA) is 62.0 Å². The Hall–Kier alpha value is -2.36. The number of nitrogens with one attached hydrogen (secondary N) is 2. The maximum atomic E-state index is 12.1. The zero-order valence-corrected chi connectivity index (χ0v) is 11.6. The molecule has 0 saturated heterocycles. The van der Waals surface area contributed by atoms with Crippen molar-refractivity contribution in [1.29, 1.82) is 0 Å². The van der Waals surface area contributed by atoms with Gasteiger partial charge >= 0.3 is 0 Å². The molecule has 0 aliphatic heterocycles. The van der Waals surface area contributed by atoms with E-state index in [2.05, 4.69) is 10.3 Å². The zero-order chi connectivity index (χ0) is 14.5. The molecule has 0 fully saturated rings. The van der Waals surface area contributed by atoms with Crippen LogP contribution in [0.1, 0.15) is 41.0 Å². The maximum Gasteiger partial charge on any atom is 0.268 e. The van der Waals surface area contributed by atoms with E-state index in [0.717, 1.165) is 12.0 Å². The molecule has 0 bridgehead atoms. The number of amides is 1. The molecule has 4 nitrogen and oxygen atoms in total. The lowest BCUT2D eigenvalue weighted by atomic mass is 10.0. The number of aryl methyl sites for hydroxylation is 1. The van der Waals surface area contributed by atoms with E-state index in [1.54, 1.807) is 12.1 Å². The molecule has 4 heteroatoms. The normalized spacial score (nSPS) is 11.9. The summed E-state index contributed by atoms with van der Waals surface area (Å²) >= 11 is 0. The van der Waals surface area contributed by atoms with Gasteiger partial charge in [-0.05, 0) is 25.0 Å². The molecule has 2 N–H and O–H groups in total. The fraction of sp³-hybridized carbons (Fsp3) is 0.250. The second-order valence-electron chi connectivity index (χ2n) is 4.77. The minimum atomic E-state index is -0.277. The Balaban J connectivity index is 2.16.